The lowest BCUT2D eigenvalue weighted by atomic mass is 9.87. The number of hydrogen-bond acceptors (Lipinski definition) is 4. The van der Waals surface area contributed by atoms with E-state index in [-0.39, 0.29) is 19.0 Å². The van der Waals surface area contributed by atoms with Gasteiger partial charge in [0.1, 0.15) is 23.5 Å². The number of benzene rings is 3. The van der Waals surface area contributed by atoms with E-state index in [1.54, 1.807) is 0 Å². The molecule has 0 saturated heterocycles. The molecule has 0 heterocycles. The van der Waals surface area contributed by atoms with Gasteiger partial charge in [0, 0.05) is 11.1 Å². The van der Waals surface area contributed by atoms with Gasteiger partial charge in [-0.1, -0.05) is 110 Å². The molecule has 1 atom stereocenters. The van der Waals surface area contributed by atoms with Crippen LogP contribution in [0.15, 0.2) is 120 Å². The van der Waals surface area contributed by atoms with Gasteiger partial charge in [-0.15, -0.1) is 0 Å². The number of ether oxygens (including phenoxy) is 2. The van der Waals surface area contributed by atoms with Gasteiger partial charge < -0.3 is 9.47 Å². The second-order valence-corrected chi connectivity index (χ2v) is 9.96. The van der Waals surface area contributed by atoms with Crippen molar-refractivity contribution in [2.24, 2.45) is 4.99 Å². The van der Waals surface area contributed by atoms with Crippen LogP contribution in [0.5, 0.6) is 0 Å². The van der Waals surface area contributed by atoms with Crippen molar-refractivity contribution in [1.29, 1.82) is 0 Å². The molecule has 0 N–H and O–H groups in total. The molecule has 0 fully saturated rings. The second-order valence-electron chi connectivity index (χ2n) is 9.96. The van der Waals surface area contributed by atoms with Crippen LogP contribution in [0.3, 0.4) is 0 Å². The molecule has 0 bridgehead atoms. The van der Waals surface area contributed by atoms with Crippen LogP contribution in [0, 0.1) is 0 Å². The van der Waals surface area contributed by atoms with Crippen molar-refractivity contribution in [1.82, 2.24) is 0 Å². The van der Waals surface area contributed by atoms with Gasteiger partial charge in [0.05, 0.1) is 12.1 Å². The van der Waals surface area contributed by atoms with E-state index < -0.39 is 11.1 Å². The predicted octanol–water partition coefficient (Wildman–Crippen LogP) is 7.69. The van der Waals surface area contributed by atoms with E-state index in [9.17, 15) is 4.79 Å². The molecule has 0 aliphatic rings. The van der Waals surface area contributed by atoms with Gasteiger partial charge in [-0.25, -0.2) is 0 Å². The number of rotatable bonds is 11. The summed E-state index contributed by atoms with van der Waals surface area (Å²) >= 11 is 0. The van der Waals surface area contributed by atoms with Crippen LogP contribution >= 0.6 is 0 Å². The Labute approximate surface area is 221 Å². The summed E-state index contributed by atoms with van der Waals surface area (Å²) in [5, 5.41) is 0. The third kappa shape index (κ3) is 8.32. The number of nitrogens with zero attached hydrogens (tertiary/aromatic N) is 1. The minimum atomic E-state index is -1.07. The average Bonchev–Trinajstić information content (AvgIpc) is 2.89. The lowest BCUT2D eigenvalue weighted by molar-refractivity contribution is -0.146. The maximum atomic E-state index is 13.3. The Morgan fingerprint density at radius 3 is 1.86 bits per heavy atom. The predicted molar refractivity (Wildman–Crippen MR) is 152 cm³/mol. The molecule has 0 saturated carbocycles. The van der Waals surface area contributed by atoms with Crippen molar-refractivity contribution in [2.45, 2.75) is 58.3 Å². The first-order valence-electron chi connectivity index (χ1n) is 12.6. The van der Waals surface area contributed by atoms with Crippen LogP contribution < -0.4 is 0 Å². The molecule has 0 aliphatic heterocycles. The summed E-state index contributed by atoms with van der Waals surface area (Å²) in [6, 6.07) is 29.6. The minimum absolute atomic E-state index is 0.0117. The highest BCUT2D eigenvalue weighted by Crippen LogP contribution is 2.35. The van der Waals surface area contributed by atoms with E-state index >= 15 is 0 Å². The Balaban J connectivity index is 2.11. The Kier molecular flexibility index (Phi) is 9.62. The highest BCUT2D eigenvalue weighted by atomic mass is 16.5. The van der Waals surface area contributed by atoms with Crippen molar-refractivity contribution in [3.05, 3.63) is 132 Å². The largest absolute Gasteiger partial charge is 0.491 e. The SMILES string of the molecule is C=C(OC(C)(C)C)C(C/C=C/C)(CC(=O)OCc1ccccc1)N=C(c1ccccc1)c1ccccc1. The molecule has 192 valence electrons. The Morgan fingerprint density at radius 2 is 1.38 bits per heavy atom. The first kappa shape index (κ1) is 27.7. The molecular weight excluding hydrogens is 458 g/mol. The van der Waals surface area contributed by atoms with Crippen molar-refractivity contribution in [3.63, 3.8) is 0 Å². The molecule has 0 radical (unpaired) electrons. The van der Waals surface area contributed by atoms with Crippen LogP contribution in [0.25, 0.3) is 0 Å². The lowest BCUT2D eigenvalue weighted by Crippen LogP contribution is -2.38. The fourth-order valence-corrected chi connectivity index (χ4v) is 3.94. The van der Waals surface area contributed by atoms with E-state index in [0.29, 0.717) is 12.2 Å². The maximum absolute atomic E-state index is 13.3. The monoisotopic (exact) mass is 495 g/mol. The topological polar surface area (TPSA) is 47.9 Å². The van der Waals surface area contributed by atoms with Crippen molar-refractivity contribution < 1.29 is 14.3 Å². The van der Waals surface area contributed by atoms with Gasteiger partial charge in [-0.05, 0) is 39.7 Å². The molecule has 0 aromatic heterocycles. The lowest BCUT2D eigenvalue weighted by Gasteiger charge is -2.35. The summed E-state index contributed by atoms with van der Waals surface area (Å²) in [6.07, 6.45) is 4.37. The number of hydrogen-bond donors (Lipinski definition) is 0. The number of carbonyl (C=O) groups is 1. The van der Waals surface area contributed by atoms with Crippen LogP contribution in [0.1, 0.15) is 57.2 Å². The third-order valence-electron chi connectivity index (χ3n) is 5.74. The number of carbonyl (C=O) groups excluding carboxylic acids is 1. The first-order chi connectivity index (χ1) is 17.7. The molecule has 0 spiro atoms. The average molecular weight is 496 g/mol. The zero-order valence-corrected chi connectivity index (χ0v) is 22.3. The van der Waals surface area contributed by atoms with E-state index in [1.165, 1.54) is 0 Å². The fraction of sp³-hybridized carbons (Fsp3) is 0.273. The summed E-state index contributed by atoms with van der Waals surface area (Å²) < 4.78 is 12.0. The standard InChI is InChI=1S/C33H37NO3/c1-6-7-23-33(26(2)37-32(3,4)5,24-30(35)36-25-27-17-11-8-12-18-27)34-31(28-19-13-9-14-20-28)29-21-15-10-16-22-29/h6-22H,2,23-25H2,1,3-5H3/b7-6+. The summed E-state index contributed by atoms with van der Waals surface area (Å²) in [5.74, 6) is 0.0652. The maximum Gasteiger partial charge on any atom is 0.309 e. The molecule has 3 aromatic rings. The smallest absolute Gasteiger partial charge is 0.309 e. The Morgan fingerprint density at radius 1 is 0.865 bits per heavy atom. The first-order valence-corrected chi connectivity index (χ1v) is 12.6. The molecular formula is C33H37NO3. The number of aliphatic imine (C=N–C) groups is 1. The molecule has 37 heavy (non-hydrogen) atoms. The fourth-order valence-electron chi connectivity index (χ4n) is 3.94. The summed E-state index contributed by atoms with van der Waals surface area (Å²) in [7, 11) is 0. The molecule has 0 aliphatic carbocycles. The third-order valence-corrected chi connectivity index (χ3v) is 5.74. The van der Waals surface area contributed by atoms with E-state index in [2.05, 4.69) is 6.58 Å². The zero-order chi connectivity index (χ0) is 26.7. The molecule has 0 amide bonds. The van der Waals surface area contributed by atoms with Crippen LogP contribution in [-0.4, -0.2) is 22.8 Å². The Bertz CT molecular complexity index is 1170. The number of allylic oxidation sites excluding steroid dienone is 1. The normalized spacial score (nSPS) is 13.0. The molecule has 3 rings (SSSR count). The second kappa shape index (κ2) is 12.9. The van der Waals surface area contributed by atoms with Crippen molar-refractivity contribution in [3.8, 4) is 0 Å². The van der Waals surface area contributed by atoms with Gasteiger partial charge >= 0.3 is 5.97 Å². The summed E-state index contributed by atoms with van der Waals surface area (Å²) in [5.41, 5.74) is 1.99. The van der Waals surface area contributed by atoms with E-state index in [4.69, 9.17) is 14.5 Å². The van der Waals surface area contributed by atoms with Crippen LogP contribution in [0.4, 0.5) is 0 Å². The van der Waals surface area contributed by atoms with Gasteiger partial charge in [-0.3, -0.25) is 9.79 Å². The van der Waals surface area contributed by atoms with Gasteiger partial charge in [0.25, 0.3) is 0 Å². The highest BCUT2D eigenvalue weighted by molar-refractivity contribution is 6.13. The van der Waals surface area contributed by atoms with Crippen LogP contribution in [-0.2, 0) is 20.9 Å². The zero-order valence-electron chi connectivity index (χ0n) is 22.3. The molecule has 4 nitrogen and oxygen atoms in total. The number of esters is 1. The molecule has 1 unspecified atom stereocenters. The Hall–Kier alpha value is -3.92. The summed E-state index contributed by atoms with van der Waals surface area (Å²) in [6.45, 7) is 12.3. The minimum Gasteiger partial charge on any atom is -0.491 e. The van der Waals surface area contributed by atoms with Gasteiger partial charge in [0.15, 0.2) is 0 Å². The van der Waals surface area contributed by atoms with E-state index in [1.807, 2.05) is 131 Å². The van der Waals surface area contributed by atoms with E-state index in [0.717, 1.165) is 22.4 Å². The van der Waals surface area contributed by atoms with Crippen LogP contribution in [0.2, 0.25) is 0 Å². The summed E-state index contributed by atoms with van der Waals surface area (Å²) in [4.78, 5) is 18.6. The van der Waals surface area contributed by atoms with Crippen molar-refractivity contribution in [2.75, 3.05) is 0 Å². The molecule has 4 heteroatoms. The molecule has 3 aromatic carbocycles. The highest BCUT2D eigenvalue weighted by Gasteiger charge is 2.39. The van der Waals surface area contributed by atoms with Gasteiger partial charge in [0.2, 0.25) is 0 Å². The van der Waals surface area contributed by atoms with Crippen molar-refractivity contribution >= 4 is 11.7 Å². The quantitative estimate of drug-likeness (QED) is 0.119. The van der Waals surface area contributed by atoms with Gasteiger partial charge in [-0.2, -0.15) is 0 Å².